The van der Waals surface area contributed by atoms with E-state index < -0.39 is 36.1 Å². The van der Waals surface area contributed by atoms with Crippen molar-refractivity contribution >= 4 is 5.97 Å². The molecule has 1 saturated carbocycles. The van der Waals surface area contributed by atoms with Gasteiger partial charge in [0.1, 0.15) is 0 Å². The van der Waals surface area contributed by atoms with Gasteiger partial charge in [0.2, 0.25) is 0 Å². The highest BCUT2D eigenvalue weighted by molar-refractivity contribution is 5.66. The topological polar surface area (TPSA) is 118 Å². The van der Waals surface area contributed by atoms with Crippen molar-refractivity contribution in [3.05, 3.63) is 24.0 Å². The number of aliphatic hydroxyl groups is 4. The Morgan fingerprint density at radius 3 is 2.50 bits per heavy atom. The average Bonchev–Trinajstić information content (AvgIpc) is 2.84. The van der Waals surface area contributed by atoms with Gasteiger partial charge in [-0.2, -0.15) is 0 Å². The number of allylic oxidation sites excluding steroid dienone is 1. The molecule has 0 aromatic heterocycles. The molecular formula is C20H34O6. The first-order valence-corrected chi connectivity index (χ1v) is 9.68. The lowest BCUT2D eigenvalue weighted by atomic mass is 9.87. The Hall–Kier alpha value is -1.37. The minimum absolute atomic E-state index is 0.0119. The van der Waals surface area contributed by atoms with E-state index in [0.717, 1.165) is 19.3 Å². The van der Waals surface area contributed by atoms with Gasteiger partial charge in [-0.25, -0.2) is 0 Å². The van der Waals surface area contributed by atoms with Gasteiger partial charge < -0.3 is 25.5 Å². The van der Waals surface area contributed by atoms with Gasteiger partial charge in [0, 0.05) is 18.8 Å². The summed E-state index contributed by atoms with van der Waals surface area (Å²) in [5.41, 5.74) is 0. The first-order valence-electron chi connectivity index (χ1n) is 9.68. The molecule has 5 unspecified atom stereocenters. The zero-order valence-corrected chi connectivity index (χ0v) is 15.6. The van der Waals surface area contributed by atoms with Gasteiger partial charge >= 0.3 is 5.97 Å². The molecule has 1 rings (SSSR count). The van der Waals surface area contributed by atoms with Gasteiger partial charge in [-0.05, 0) is 44.1 Å². The molecule has 1 aliphatic carbocycles. The highest BCUT2D eigenvalue weighted by Gasteiger charge is 2.43. The minimum Gasteiger partial charge on any atom is -0.512 e. The Balaban J connectivity index is 2.57. The van der Waals surface area contributed by atoms with Gasteiger partial charge in [-0.3, -0.25) is 4.79 Å². The fourth-order valence-corrected chi connectivity index (χ4v) is 3.61. The molecule has 6 heteroatoms. The van der Waals surface area contributed by atoms with Crippen LogP contribution in [0, 0.1) is 11.8 Å². The van der Waals surface area contributed by atoms with Crippen LogP contribution < -0.4 is 0 Å². The average molecular weight is 370 g/mol. The summed E-state index contributed by atoms with van der Waals surface area (Å²) >= 11 is 0. The lowest BCUT2D eigenvalue weighted by molar-refractivity contribution is -0.137. The summed E-state index contributed by atoms with van der Waals surface area (Å²) in [6.45, 7) is 2.14. The summed E-state index contributed by atoms with van der Waals surface area (Å²) in [7, 11) is 0. The molecular weight excluding hydrogens is 336 g/mol. The van der Waals surface area contributed by atoms with Crippen molar-refractivity contribution in [1.29, 1.82) is 0 Å². The van der Waals surface area contributed by atoms with E-state index in [-0.39, 0.29) is 18.6 Å². The molecule has 5 atom stereocenters. The highest BCUT2D eigenvalue weighted by Crippen LogP contribution is 2.39. The molecule has 1 fully saturated rings. The standard InChI is InChI=1S/C20H34O6/c1-2-3-4-5-6-7-9-14(21)12-17(23)20-15(10-8-11-19(25)26)16(22)13-18(20)24/h6-7,12,14-16,18,20-24H,2-5,8-11,13H2,1H3,(H,25,26)/b7-6+,17-12-. The van der Waals surface area contributed by atoms with Crippen LogP contribution in [0.4, 0.5) is 0 Å². The van der Waals surface area contributed by atoms with E-state index in [4.69, 9.17) is 5.11 Å². The van der Waals surface area contributed by atoms with Crippen molar-refractivity contribution in [3.63, 3.8) is 0 Å². The number of aliphatic hydroxyl groups excluding tert-OH is 4. The van der Waals surface area contributed by atoms with Crippen LogP contribution in [0.3, 0.4) is 0 Å². The number of rotatable bonds is 12. The normalized spacial score (nSPS) is 27.9. The van der Waals surface area contributed by atoms with Crippen LogP contribution in [-0.4, -0.2) is 49.8 Å². The summed E-state index contributed by atoms with van der Waals surface area (Å²) < 4.78 is 0. The summed E-state index contributed by atoms with van der Waals surface area (Å²) in [5.74, 6) is -2.10. The van der Waals surface area contributed by atoms with Gasteiger partial charge in [0.15, 0.2) is 0 Å². The zero-order valence-electron chi connectivity index (χ0n) is 15.6. The number of unbranched alkanes of at least 4 members (excludes halogenated alkanes) is 3. The predicted molar refractivity (Wildman–Crippen MR) is 99.7 cm³/mol. The van der Waals surface area contributed by atoms with E-state index in [1.807, 2.05) is 12.2 Å². The smallest absolute Gasteiger partial charge is 0.303 e. The number of carboxylic acid groups (broad SMARTS) is 1. The predicted octanol–water partition coefficient (Wildman–Crippen LogP) is 2.93. The molecule has 0 spiro atoms. The minimum atomic E-state index is -0.907. The Morgan fingerprint density at radius 2 is 1.85 bits per heavy atom. The van der Waals surface area contributed by atoms with E-state index >= 15 is 0 Å². The van der Waals surface area contributed by atoms with Gasteiger partial charge in [-0.15, -0.1) is 0 Å². The van der Waals surface area contributed by atoms with Crippen molar-refractivity contribution in [2.24, 2.45) is 11.8 Å². The first kappa shape index (κ1) is 22.7. The maximum absolute atomic E-state index is 10.7. The highest BCUT2D eigenvalue weighted by atomic mass is 16.4. The molecule has 0 aromatic rings. The third-order valence-electron chi connectivity index (χ3n) is 5.00. The third-order valence-corrected chi connectivity index (χ3v) is 5.00. The van der Waals surface area contributed by atoms with Crippen LogP contribution >= 0.6 is 0 Å². The summed E-state index contributed by atoms with van der Waals surface area (Å²) in [5, 5.41) is 49.4. The van der Waals surface area contributed by atoms with Crippen molar-refractivity contribution in [1.82, 2.24) is 0 Å². The van der Waals surface area contributed by atoms with E-state index in [1.54, 1.807) is 0 Å². The van der Waals surface area contributed by atoms with E-state index in [2.05, 4.69) is 6.92 Å². The van der Waals surface area contributed by atoms with Gasteiger partial charge in [0.05, 0.1) is 24.1 Å². The SMILES string of the molecule is CCCCC/C=C/CC(O)/C=C(\O)C1C(O)CC(O)C1CCCC(=O)O. The van der Waals surface area contributed by atoms with E-state index in [1.165, 1.54) is 12.5 Å². The molecule has 0 radical (unpaired) electrons. The summed E-state index contributed by atoms with van der Waals surface area (Å²) in [4.78, 5) is 10.7. The second-order valence-corrected chi connectivity index (χ2v) is 7.21. The quantitative estimate of drug-likeness (QED) is 0.205. The molecule has 0 aromatic carbocycles. The molecule has 0 amide bonds. The fourth-order valence-electron chi connectivity index (χ4n) is 3.61. The van der Waals surface area contributed by atoms with Crippen LogP contribution in [0.2, 0.25) is 0 Å². The Labute approximate surface area is 155 Å². The number of aliphatic carboxylic acids is 1. The largest absolute Gasteiger partial charge is 0.512 e. The van der Waals surface area contributed by atoms with Crippen LogP contribution in [0.1, 0.15) is 64.7 Å². The molecule has 0 aliphatic heterocycles. The van der Waals surface area contributed by atoms with E-state index in [0.29, 0.717) is 19.3 Å². The lowest BCUT2D eigenvalue weighted by Gasteiger charge is -2.23. The fraction of sp³-hybridized carbons (Fsp3) is 0.750. The molecule has 150 valence electrons. The monoisotopic (exact) mass is 370 g/mol. The Morgan fingerprint density at radius 1 is 1.12 bits per heavy atom. The molecule has 26 heavy (non-hydrogen) atoms. The molecule has 1 aliphatic rings. The summed E-state index contributed by atoms with van der Waals surface area (Å²) in [6, 6.07) is 0. The molecule has 0 bridgehead atoms. The maximum Gasteiger partial charge on any atom is 0.303 e. The zero-order chi connectivity index (χ0) is 19.5. The Bertz CT molecular complexity index is 473. The first-order chi connectivity index (χ1) is 12.4. The molecule has 6 nitrogen and oxygen atoms in total. The van der Waals surface area contributed by atoms with Crippen LogP contribution in [0.15, 0.2) is 24.0 Å². The number of hydrogen-bond acceptors (Lipinski definition) is 5. The Kier molecular flexibility index (Phi) is 10.5. The molecule has 0 saturated heterocycles. The van der Waals surface area contributed by atoms with Crippen molar-refractivity contribution in [2.75, 3.05) is 0 Å². The van der Waals surface area contributed by atoms with Crippen molar-refractivity contribution < 1.29 is 30.3 Å². The van der Waals surface area contributed by atoms with Crippen molar-refractivity contribution in [2.45, 2.75) is 83.0 Å². The second-order valence-electron chi connectivity index (χ2n) is 7.21. The van der Waals surface area contributed by atoms with Crippen LogP contribution in [0.25, 0.3) is 0 Å². The molecule has 0 heterocycles. The molecule has 5 N–H and O–H groups in total. The second kappa shape index (κ2) is 12.1. The van der Waals surface area contributed by atoms with Gasteiger partial charge in [-0.1, -0.05) is 31.9 Å². The maximum atomic E-state index is 10.7. The van der Waals surface area contributed by atoms with Crippen molar-refractivity contribution in [3.8, 4) is 0 Å². The number of carboxylic acids is 1. The summed E-state index contributed by atoms with van der Waals surface area (Å²) in [6.07, 6.45) is 8.41. The van der Waals surface area contributed by atoms with E-state index in [9.17, 15) is 25.2 Å². The van der Waals surface area contributed by atoms with Gasteiger partial charge in [0.25, 0.3) is 0 Å². The number of hydrogen-bond donors (Lipinski definition) is 5. The number of carbonyl (C=O) groups is 1. The lowest BCUT2D eigenvalue weighted by Crippen LogP contribution is -2.25. The van der Waals surface area contributed by atoms with Crippen LogP contribution in [0.5, 0.6) is 0 Å². The third kappa shape index (κ3) is 7.89. The van der Waals surface area contributed by atoms with Crippen LogP contribution in [-0.2, 0) is 4.79 Å².